The van der Waals surface area contributed by atoms with Gasteiger partial charge >= 0.3 is 0 Å². The Morgan fingerprint density at radius 1 is 1.17 bits per heavy atom. The Kier molecular flexibility index (Phi) is 8.79. The van der Waals surface area contributed by atoms with Gasteiger partial charge in [-0.1, -0.05) is 41.9 Å². The molecule has 0 saturated carbocycles. The Morgan fingerprint density at radius 2 is 1.87 bits per heavy atom. The number of benzene rings is 2. The van der Waals surface area contributed by atoms with Crippen LogP contribution in [0, 0.1) is 0 Å². The fraction of sp³-hybridized carbons (Fsp3) is 0.235. The third-order valence-electron chi connectivity index (χ3n) is 3.21. The molecule has 0 bridgehead atoms. The molecule has 0 aliphatic carbocycles. The van der Waals surface area contributed by atoms with Crippen molar-refractivity contribution in [1.29, 1.82) is 0 Å². The van der Waals surface area contributed by atoms with Crippen molar-refractivity contribution >= 4 is 47.2 Å². The van der Waals surface area contributed by atoms with Crippen molar-refractivity contribution in [3.8, 4) is 5.75 Å². The summed E-state index contributed by atoms with van der Waals surface area (Å²) in [5, 5.41) is 3.85. The largest absolute Gasteiger partial charge is 0.495 e. The summed E-state index contributed by atoms with van der Waals surface area (Å²) in [6.45, 7) is 0.638. The first kappa shape index (κ1) is 19.6. The van der Waals surface area contributed by atoms with Crippen LogP contribution in [0.1, 0.15) is 12.0 Å². The Hall–Kier alpha value is -1.47. The average Bonchev–Trinajstić information content (AvgIpc) is 2.53. The van der Waals surface area contributed by atoms with Crippen molar-refractivity contribution < 1.29 is 4.74 Å². The third-order valence-corrected chi connectivity index (χ3v) is 3.58. The maximum Gasteiger partial charge on any atom is 0.193 e. The molecule has 0 aliphatic heterocycles. The normalized spacial score (nSPS) is 10.8. The molecule has 2 aromatic carbocycles. The number of ether oxygens (including phenoxy) is 1. The van der Waals surface area contributed by atoms with Crippen LogP contribution in [0.5, 0.6) is 5.75 Å². The molecule has 2 aromatic rings. The molecular weight excluding hydrogens is 425 g/mol. The van der Waals surface area contributed by atoms with Gasteiger partial charge in [-0.2, -0.15) is 0 Å². The van der Waals surface area contributed by atoms with Gasteiger partial charge in [-0.25, -0.2) is 0 Å². The number of nitrogens with zero attached hydrogens (tertiary/aromatic N) is 1. The zero-order valence-electron chi connectivity index (χ0n) is 13.0. The van der Waals surface area contributed by atoms with Gasteiger partial charge in [0.2, 0.25) is 0 Å². The SMILES string of the molecule is COc1ccccc1NC(N)=NCCCc1ccccc1Cl.I. The molecule has 2 rings (SSSR count). The number of hydrogen-bond donors (Lipinski definition) is 2. The van der Waals surface area contributed by atoms with E-state index in [4.69, 9.17) is 22.1 Å². The third kappa shape index (κ3) is 6.27. The lowest BCUT2D eigenvalue weighted by Crippen LogP contribution is -2.23. The Balaban J connectivity index is 0.00000264. The maximum atomic E-state index is 6.12. The standard InChI is InChI=1S/C17H20ClN3O.HI/c1-22-16-11-5-4-10-15(16)21-17(19)20-12-6-8-13-7-2-3-9-14(13)18;/h2-5,7,9-11H,6,8,12H2,1H3,(H3,19,20,21);1H. The number of rotatable bonds is 6. The van der Waals surface area contributed by atoms with Gasteiger partial charge in [0, 0.05) is 11.6 Å². The van der Waals surface area contributed by atoms with Crippen LogP contribution in [-0.2, 0) is 6.42 Å². The Morgan fingerprint density at radius 3 is 2.61 bits per heavy atom. The van der Waals surface area contributed by atoms with Crippen molar-refractivity contribution in [2.24, 2.45) is 10.7 Å². The second-order valence-corrected chi connectivity index (χ2v) is 5.19. The molecule has 0 spiro atoms. The number of nitrogens with two attached hydrogens (primary N) is 1. The molecule has 124 valence electrons. The first-order valence-corrected chi connectivity index (χ1v) is 7.52. The summed E-state index contributed by atoms with van der Waals surface area (Å²) in [4.78, 5) is 4.32. The summed E-state index contributed by atoms with van der Waals surface area (Å²) in [7, 11) is 1.62. The molecule has 0 aromatic heterocycles. The van der Waals surface area contributed by atoms with E-state index in [1.165, 1.54) is 0 Å². The van der Waals surface area contributed by atoms with Crippen LogP contribution < -0.4 is 15.8 Å². The van der Waals surface area contributed by atoms with E-state index in [9.17, 15) is 0 Å². The van der Waals surface area contributed by atoms with E-state index in [1.807, 2.05) is 48.5 Å². The van der Waals surface area contributed by atoms with Crippen molar-refractivity contribution in [2.45, 2.75) is 12.8 Å². The zero-order valence-corrected chi connectivity index (χ0v) is 16.0. The fourth-order valence-corrected chi connectivity index (χ4v) is 2.33. The highest BCUT2D eigenvalue weighted by atomic mass is 127. The smallest absolute Gasteiger partial charge is 0.193 e. The lowest BCUT2D eigenvalue weighted by Gasteiger charge is -2.10. The van der Waals surface area contributed by atoms with Crippen LogP contribution in [0.4, 0.5) is 5.69 Å². The summed E-state index contributed by atoms with van der Waals surface area (Å²) in [5.74, 6) is 1.11. The molecule has 0 radical (unpaired) electrons. The van der Waals surface area contributed by atoms with Gasteiger partial charge in [0.05, 0.1) is 12.8 Å². The second-order valence-electron chi connectivity index (χ2n) is 4.79. The highest BCUT2D eigenvalue weighted by molar-refractivity contribution is 14.0. The fourth-order valence-electron chi connectivity index (χ4n) is 2.10. The van der Waals surface area contributed by atoms with Crippen molar-refractivity contribution in [3.63, 3.8) is 0 Å². The van der Waals surface area contributed by atoms with E-state index in [1.54, 1.807) is 7.11 Å². The van der Waals surface area contributed by atoms with Crippen molar-refractivity contribution in [1.82, 2.24) is 0 Å². The van der Waals surface area contributed by atoms with E-state index >= 15 is 0 Å². The number of para-hydroxylation sites is 2. The van der Waals surface area contributed by atoms with Gasteiger partial charge in [-0.05, 0) is 36.6 Å². The first-order valence-electron chi connectivity index (χ1n) is 7.14. The van der Waals surface area contributed by atoms with Crippen LogP contribution in [0.15, 0.2) is 53.5 Å². The minimum atomic E-state index is 0. The van der Waals surface area contributed by atoms with Gasteiger partial charge in [0.15, 0.2) is 5.96 Å². The minimum absolute atomic E-state index is 0. The Labute approximate surface area is 159 Å². The van der Waals surface area contributed by atoms with E-state index in [2.05, 4.69) is 10.3 Å². The summed E-state index contributed by atoms with van der Waals surface area (Å²) in [5.41, 5.74) is 7.83. The average molecular weight is 446 g/mol. The summed E-state index contributed by atoms with van der Waals surface area (Å²) >= 11 is 6.12. The molecule has 0 unspecified atom stereocenters. The van der Waals surface area contributed by atoms with Gasteiger partial charge in [-0.15, -0.1) is 24.0 Å². The van der Waals surface area contributed by atoms with Crippen LogP contribution in [-0.4, -0.2) is 19.6 Å². The van der Waals surface area contributed by atoms with Gasteiger partial charge in [-0.3, -0.25) is 4.99 Å². The molecule has 6 heteroatoms. The monoisotopic (exact) mass is 445 g/mol. The maximum absolute atomic E-state index is 6.12. The lowest BCUT2D eigenvalue weighted by molar-refractivity contribution is 0.417. The number of aryl methyl sites for hydroxylation is 1. The molecule has 0 amide bonds. The molecule has 0 heterocycles. The van der Waals surface area contributed by atoms with Crippen LogP contribution in [0.3, 0.4) is 0 Å². The summed E-state index contributed by atoms with van der Waals surface area (Å²) in [6, 6.07) is 15.4. The molecular formula is C17H21ClIN3O. The van der Waals surface area contributed by atoms with Gasteiger partial charge in [0.25, 0.3) is 0 Å². The van der Waals surface area contributed by atoms with Crippen LogP contribution in [0.25, 0.3) is 0 Å². The van der Waals surface area contributed by atoms with E-state index < -0.39 is 0 Å². The highest BCUT2D eigenvalue weighted by Gasteiger charge is 2.02. The minimum Gasteiger partial charge on any atom is -0.495 e. The van der Waals surface area contributed by atoms with E-state index in [0.29, 0.717) is 12.5 Å². The van der Waals surface area contributed by atoms with Gasteiger partial charge < -0.3 is 15.8 Å². The molecule has 0 atom stereocenters. The highest BCUT2D eigenvalue weighted by Crippen LogP contribution is 2.22. The molecule has 23 heavy (non-hydrogen) atoms. The number of guanidine groups is 1. The lowest BCUT2D eigenvalue weighted by atomic mass is 10.1. The van der Waals surface area contributed by atoms with Crippen molar-refractivity contribution in [3.05, 3.63) is 59.1 Å². The number of nitrogens with one attached hydrogen (secondary N) is 1. The van der Waals surface area contributed by atoms with E-state index in [-0.39, 0.29) is 24.0 Å². The number of halogens is 2. The number of anilines is 1. The number of hydrogen-bond acceptors (Lipinski definition) is 2. The molecule has 0 aliphatic rings. The van der Waals surface area contributed by atoms with E-state index in [0.717, 1.165) is 34.9 Å². The topological polar surface area (TPSA) is 59.6 Å². The summed E-state index contributed by atoms with van der Waals surface area (Å²) in [6.07, 6.45) is 1.77. The van der Waals surface area contributed by atoms with Gasteiger partial charge in [0.1, 0.15) is 5.75 Å². The Bertz CT molecular complexity index is 649. The second kappa shape index (κ2) is 10.3. The first-order chi connectivity index (χ1) is 10.7. The van der Waals surface area contributed by atoms with Crippen LogP contribution in [0.2, 0.25) is 5.02 Å². The molecule has 0 saturated heterocycles. The number of methoxy groups -OCH3 is 1. The zero-order chi connectivity index (χ0) is 15.8. The van der Waals surface area contributed by atoms with Crippen molar-refractivity contribution in [2.75, 3.05) is 19.0 Å². The summed E-state index contributed by atoms with van der Waals surface area (Å²) < 4.78 is 5.26. The molecule has 4 nitrogen and oxygen atoms in total. The predicted octanol–water partition coefficient (Wildman–Crippen LogP) is 4.33. The van der Waals surface area contributed by atoms with Crippen LogP contribution >= 0.6 is 35.6 Å². The predicted molar refractivity (Wildman–Crippen MR) is 108 cm³/mol. The molecule has 3 N–H and O–H groups in total. The molecule has 0 fully saturated rings. The number of aliphatic imine (C=N–C) groups is 1. The quantitative estimate of drug-likeness (QED) is 0.301.